The summed E-state index contributed by atoms with van der Waals surface area (Å²) in [6.45, 7) is 0.616. The van der Waals surface area contributed by atoms with Crippen molar-refractivity contribution in [3.8, 4) is 17.1 Å². The van der Waals surface area contributed by atoms with Gasteiger partial charge in [-0.3, -0.25) is 4.79 Å². The van der Waals surface area contributed by atoms with Gasteiger partial charge < -0.3 is 20.1 Å². The summed E-state index contributed by atoms with van der Waals surface area (Å²) in [5, 5.41) is 6.19. The molecule has 0 saturated heterocycles. The summed E-state index contributed by atoms with van der Waals surface area (Å²) in [6, 6.07) is 6.77. The number of benzene rings is 1. The minimum absolute atomic E-state index is 0.0261. The first-order valence-corrected chi connectivity index (χ1v) is 9.18. The molecule has 2 aliphatic heterocycles. The van der Waals surface area contributed by atoms with Gasteiger partial charge in [0.25, 0.3) is 0 Å². The number of hydrogen-bond acceptors (Lipinski definition) is 7. The molecule has 0 aliphatic carbocycles. The summed E-state index contributed by atoms with van der Waals surface area (Å²) < 4.78 is 10.2. The van der Waals surface area contributed by atoms with Gasteiger partial charge >= 0.3 is 5.97 Å². The zero-order valence-electron chi connectivity index (χ0n) is 16.1. The van der Waals surface area contributed by atoms with E-state index in [0.717, 1.165) is 23.4 Å². The molecule has 2 aromatic rings. The van der Waals surface area contributed by atoms with Crippen LogP contribution in [0.2, 0.25) is 0 Å². The van der Waals surface area contributed by atoms with E-state index in [-0.39, 0.29) is 5.91 Å². The molecule has 1 amide bonds. The second-order valence-corrected chi connectivity index (χ2v) is 6.58. The molecule has 148 valence electrons. The lowest BCUT2D eigenvalue weighted by Crippen LogP contribution is -2.36. The zero-order chi connectivity index (χ0) is 20.4. The van der Waals surface area contributed by atoms with E-state index in [1.807, 2.05) is 6.08 Å². The average Bonchev–Trinajstić information content (AvgIpc) is 2.78. The van der Waals surface area contributed by atoms with Gasteiger partial charge in [-0.15, -0.1) is 0 Å². The van der Waals surface area contributed by atoms with E-state index in [1.165, 1.54) is 7.11 Å². The highest BCUT2D eigenvalue weighted by molar-refractivity contribution is 5.96. The topological polar surface area (TPSA) is 102 Å². The Bertz CT molecular complexity index is 1060. The standard InChI is InChI=1S/C21H20N4O4/c1-28-18-6-3-12(21(27)29-2)11-14(18)19-22-9-8-17(25-19)16-5-4-13-15(24-16)7-10-23-20(13)26/h3,5-6,8-9,11,24H,4,7,10H2,1-2H3,(H,23,26). The maximum absolute atomic E-state index is 12.0. The summed E-state index contributed by atoms with van der Waals surface area (Å²) in [5.41, 5.74) is 4.18. The molecule has 0 saturated carbocycles. The number of aromatic nitrogens is 2. The number of carbonyl (C=O) groups excluding carboxylic acids is 2. The first kappa shape index (κ1) is 18.7. The van der Waals surface area contributed by atoms with Gasteiger partial charge in [-0.05, 0) is 30.7 Å². The summed E-state index contributed by atoms with van der Waals surface area (Å²) in [6.07, 6.45) is 4.90. The molecule has 1 aromatic carbocycles. The molecule has 0 unspecified atom stereocenters. The Hall–Kier alpha value is -3.68. The van der Waals surface area contributed by atoms with Crippen molar-refractivity contribution in [1.29, 1.82) is 0 Å². The number of amides is 1. The zero-order valence-corrected chi connectivity index (χ0v) is 16.1. The lowest BCUT2D eigenvalue weighted by molar-refractivity contribution is -0.118. The third-order valence-electron chi connectivity index (χ3n) is 4.89. The number of carbonyl (C=O) groups is 2. The third-order valence-corrected chi connectivity index (χ3v) is 4.89. The molecule has 4 rings (SSSR count). The number of rotatable bonds is 4. The van der Waals surface area contributed by atoms with E-state index in [2.05, 4.69) is 20.6 Å². The van der Waals surface area contributed by atoms with E-state index >= 15 is 0 Å². The molecule has 29 heavy (non-hydrogen) atoms. The van der Waals surface area contributed by atoms with E-state index in [1.54, 1.807) is 37.6 Å². The fourth-order valence-corrected chi connectivity index (χ4v) is 3.40. The molecule has 8 nitrogen and oxygen atoms in total. The normalized spacial score (nSPS) is 15.7. The summed E-state index contributed by atoms with van der Waals surface area (Å²) >= 11 is 0. The highest BCUT2D eigenvalue weighted by Crippen LogP contribution is 2.30. The Morgan fingerprint density at radius 3 is 2.86 bits per heavy atom. The molecular formula is C21H20N4O4. The Labute approximate surface area is 167 Å². The highest BCUT2D eigenvalue weighted by Gasteiger charge is 2.24. The predicted molar refractivity (Wildman–Crippen MR) is 106 cm³/mol. The van der Waals surface area contributed by atoms with Gasteiger partial charge in [0.1, 0.15) is 5.75 Å². The van der Waals surface area contributed by atoms with E-state index in [9.17, 15) is 9.59 Å². The summed E-state index contributed by atoms with van der Waals surface area (Å²) in [4.78, 5) is 32.9. The van der Waals surface area contributed by atoms with Crippen molar-refractivity contribution in [2.45, 2.75) is 12.8 Å². The number of methoxy groups -OCH3 is 2. The molecule has 0 atom stereocenters. The second-order valence-electron chi connectivity index (χ2n) is 6.58. The van der Waals surface area contributed by atoms with Crippen LogP contribution >= 0.6 is 0 Å². The molecular weight excluding hydrogens is 372 g/mol. The van der Waals surface area contributed by atoms with Crippen LogP contribution in [0.15, 0.2) is 47.8 Å². The molecule has 8 heteroatoms. The number of hydrogen-bond donors (Lipinski definition) is 2. The van der Waals surface area contributed by atoms with Crippen LogP contribution in [-0.4, -0.2) is 42.6 Å². The van der Waals surface area contributed by atoms with Crippen molar-refractivity contribution < 1.29 is 19.1 Å². The van der Waals surface area contributed by atoms with Gasteiger partial charge in [-0.25, -0.2) is 14.8 Å². The van der Waals surface area contributed by atoms with E-state index in [4.69, 9.17) is 9.47 Å². The minimum Gasteiger partial charge on any atom is -0.496 e. The first-order chi connectivity index (χ1) is 14.1. The average molecular weight is 392 g/mol. The number of allylic oxidation sites excluding steroid dienone is 1. The SMILES string of the molecule is COC(=O)c1ccc(OC)c(-c2nccc(C3=CCC4=C(CCNC4=O)N3)n2)c1. The van der Waals surface area contributed by atoms with Crippen LogP contribution in [0.1, 0.15) is 28.9 Å². The molecule has 2 aliphatic rings. The summed E-state index contributed by atoms with van der Waals surface area (Å²) in [5.74, 6) is 0.502. The minimum atomic E-state index is -0.447. The molecule has 0 spiro atoms. The number of esters is 1. The lowest BCUT2D eigenvalue weighted by atomic mass is 9.98. The van der Waals surface area contributed by atoms with Crippen LogP contribution in [-0.2, 0) is 9.53 Å². The van der Waals surface area contributed by atoms with Crippen molar-refractivity contribution in [3.05, 3.63) is 59.1 Å². The Morgan fingerprint density at radius 1 is 1.21 bits per heavy atom. The van der Waals surface area contributed by atoms with Gasteiger partial charge in [0.05, 0.1) is 36.7 Å². The van der Waals surface area contributed by atoms with Gasteiger partial charge in [0.15, 0.2) is 5.82 Å². The van der Waals surface area contributed by atoms with Crippen molar-refractivity contribution in [2.24, 2.45) is 0 Å². The van der Waals surface area contributed by atoms with Crippen LogP contribution in [0.3, 0.4) is 0 Å². The van der Waals surface area contributed by atoms with Crippen LogP contribution in [0.25, 0.3) is 17.1 Å². The smallest absolute Gasteiger partial charge is 0.337 e. The predicted octanol–water partition coefficient (Wildman–Crippen LogP) is 2.05. The van der Waals surface area contributed by atoms with E-state index in [0.29, 0.717) is 41.4 Å². The fourth-order valence-electron chi connectivity index (χ4n) is 3.40. The Kier molecular flexibility index (Phi) is 4.99. The Morgan fingerprint density at radius 2 is 2.07 bits per heavy atom. The quantitative estimate of drug-likeness (QED) is 0.768. The number of nitrogens with one attached hydrogen (secondary N) is 2. The van der Waals surface area contributed by atoms with Crippen molar-refractivity contribution >= 4 is 17.6 Å². The van der Waals surface area contributed by atoms with Crippen molar-refractivity contribution in [1.82, 2.24) is 20.6 Å². The molecule has 2 N–H and O–H groups in total. The van der Waals surface area contributed by atoms with Crippen molar-refractivity contribution in [3.63, 3.8) is 0 Å². The fraction of sp³-hybridized carbons (Fsp3) is 0.238. The molecule has 0 radical (unpaired) electrons. The second kappa shape index (κ2) is 7.75. The third kappa shape index (κ3) is 3.56. The Balaban J connectivity index is 1.68. The lowest BCUT2D eigenvalue weighted by Gasteiger charge is -2.26. The van der Waals surface area contributed by atoms with Gasteiger partial charge in [-0.1, -0.05) is 6.08 Å². The van der Waals surface area contributed by atoms with Gasteiger partial charge in [-0.2, -0.15) is 0 Å². The monoisotopic (exact) mass is 392 g/mol. The summed E-state index contributed by atoms with van der Waals surface area (Å²) in [7, 11) is 2.88. The maximum Gasteiger partial charge on any atom is 0.337 e. The van der Waals surface area contributed by atoms with Crippen LogP contribution < -0.4 is 15.4 Å². The van der Waals surface area contributed by atoms with Gasteiger partial charge in [0.2, 0.25) is 5.91 Å². The first-order valence-electron chi connectivity index (χ1n) is 9.18. The van der Waals surface area contributed by atoms with Crippen molar-refractivity contribution in [2.75, 3.05) is 20.8 Å². The number of nitrogens with zero attached hydrogens (tertiary/aromatic N) is 2. The van der Waals surface area contributed by atoms with Gasteiger partial charge in [0, 0.05) is 30.4 Å². The molecule has 3 heterocycles. The number of ether oxygens (including phenoxy) is 2. The molecule has 0 fully saturated rings. The molecule has 0 bridgehead atoms. The van der Waals surface area contributed by atoms with E-state index < -0.39 is 5.97 Å². The van der Waals surface area contributed by atoms with Crippen LogP contribution in [0.4, 0.5) is 0 Å². The largest absolute Gasteiger partial charge is 0.496 e. The number of dihydropyridines is 1. The maximum atomic E-state index is 12.0. The highest BCUT2D eigenvalue weighted by atomic mass is 16.5. The van der Waals surface area contributed by atoms with Crippen LogP contribution in [0, 0.1) is 0 Å². The molecule has 1 aromatic heterocycles. The van der Waals surface area contributed by atoms with Crippen LogP contribution in [0.5, 0.6) is 5.75 Å².